The molecule has 0 heterocycles. The minimum absolute atomic E-state index is 0.0644. The molecule has 0 saturated heterocycles. The SMILES string of the molecule is Cc1cc(CNC(=O)CC2(C(=O)O)CCC2)ccc1Cl. The highest BCUT2D eigenvalue weighted by Gasteiger charge is 2.45. The molecule has 1 saturated carbocycles. The number of rotatable bonds is 5. The topological polar surface area (TPSA) is 66.4 Å². The smallest absolute Gasteiger partial charge is 0.310 e. The summed E-state index contributed by atoms with van der Waals surface area (Å²) in [6.45, 7) is 2.30. The number of hydrogen-bond donors (Lipinski definition) is 2. The predicted octanol–water partition coefficient (Wildman–Crippen LogP) is 2.91. The van der Waals surface area contributed by atoms with Crippen molar-refractivity contribution < 1.29 is 14.7 Å². The normalized spacial score (nSPS) is 16.3. The number of carboxylic acid groups (broad SMARTS) is 1. The third-order valence-electron chi connectivity index (χ3n) is 3.98. The largest absolute Gasteiger partial charge is 0.481 e. The Morgan fingerprint density at radius 2 is 2.10 bits per heavy atom. The lowest BCUT2D eigenvalue weighted by molar-refractivity contribution is -0.157. The molecule has 20 heavy (non-hydrogen) atoms. The molecule has 2 rings (SSSR count). The quantitative estimate of drug-likeness (QED) is 0.878. The van der Waals surface area contributed by atoms with E-state index in [1.54, 1.807) is 6.07 Å². The number of halogens is 1. The first-order chi connectivity index (χ1) is 9.43. The van der Waals surface area contributed by atoms with Gasteiger partial charge in [0.25, 0.3) is 0 Å². The average Bonchev–Trinajstić information content (AvgIpc) is 2.35. The monoisotopic (exact) mass is 295 g/mol. The summed E-state index contributed by atoms with van der Waals surface area (Å²) in [7, 11) is 0. The molecule has 0 aromatic heterocycles. The number of carboxylic acids is 1. The summed E-state index contributed by atoms with van der Waals surface area (Å²) in [5, 5.41) is 12.7. The van der Waals surface area contributed by atoms with Crippen molar-refractivity contribution in [1.82, 2.24) is 5.32 Å². The summed E-state index contributed by atoms with van der Waals surface area (Å²) < 4.78 is 0. The molecule has 1 amide bonds. The molecule has 0 unspecified atom stereocenters. The Hall–Kier alpha value is -1.55. The van der Waals surface area contributed by atoms with Gasteiger partial charge in [0.2, 0.25) is 5.91 Å². The van der Waals surface area contributed by atoms with Crippen LogP contribution in [0.2, 0.25) is 5.02 Å². The minimum Gasteiger partial charge on any atom is -0.481 e. The number of benzene rings is 1. The molecule has 1 aliphatic rings. The highest BCUT2D eigenvalue weighted by molar-refractivity contribution is 6.31. The van der Waals surface area contributed by atoms with Crippen molar-refractivity contribution in [2.75, 3.05) is 0 Å². The second-order valence-corrected chi connectivity index (χ2v) is 5.88. The van der Waals surface area contributed by atoms with E-state index in [-0.39, 0.29) is 12.3 Å². The highest BCUT2D eigenvalue weighted by atomic mass is 35.5. The van der Waals surface area contributed by atoms with Gasteiger partial charge in [-0.25, -0.2) is 0 Å². The second kappa shape index (κ2) is 5.83. The van der Waals surface area contributed by atoms with Crippen LogP contribution in [-0.4, -0.2) is 17.0 Å². The average molecular weight is 296 g/mol. The van der Waals surface area contributed by atoms with Gasteiger partial charge in [-0.2, -0.15) is 0 Å². The third-order valence-corrected chi connectivity index (χ3v) is 4.40. The van der Waals surface area contributed by atoms with Crippen LogP contribution in [0.15, 0.2) is 18.2 Å². The summed E-state index contributed by atoms with van der Waals surface area (Å²) in [5.41, 5.74) is 1.08. The van der Waals surface area contributed by atoms with Gasteiger partial charge in [0.1, 0.15) is 0 Å². The molecular formula is C15H18ClNO3. The number of nitrogens with one attached hydrogen (secondary N) is 1. The van der Waals surface area contributed by atoms with Crippen LogP contribution in [0.1, 0.15) is 36.8 Å². The Morgan fingerprint density at radius 1 is 1.40 bits per heavy atom. The zero-order chi connectivity index (χ0) is 14.8. The van der Waals surface area contributed by atoms with Crippen molar-refractivity contribution in [3.05, 3.63) is 34.3 Å². The van der Waals surface area contributed by atoms with Gasteiger partial charge in [-0.3, -0.25) is 9.59 Å². The Morgan fingerprint density at radius 3 is 2.60 bits per heavy atom. The van der Waals surface area contributed by atoms with E-state index < -0.39 is 11.4 Å². The fourth-order valence-electron chi connectivity index (χ4n) is 2.46. The zero-order valence-corrected chi connectivity index (χ0v) is 12.2. The van der Waals surface area contributed by atoms with Crippen LogP contribution in [0.4, 0.5) is 0 Å². The number of aliphatic carboxylic acids is 1. The first-order valence-corrected chi connectivity index (χ1v) is 7.06. The van der Waals surface area contributed by atoms with Crippen LogP contribution in [-0.2, 0) is 16.1 Å². The van der Waals surface area contributed by atoms with Crippen LogP contribution < -0.4 is 5.32 Å². The van der Waals surface area contributed by atoms with E-state index in [0.29, 0.717) is 24.4 Å². The molecule has 5 heteroatoms. The molecule has 108 valence electrons. The van der Waals surface area contributed by atoms with Crippen LogP contribution in [0, 0.1) is 12.3 Å². The molecule has 0 spiro atoms. The molecule has 0 bridgehead atoms. The van der Waals surface area contributed by atoms with E-state index in [9.17, 15) is 14.7 Å². The Balaban J connectivity index is 1.89. The van der Waals surface area contributed by atoms with Gasteiger partial charge in [0, 0.05) is 18.0 Å². The molecule has 0 atom stereocenters. The Labute approximate surface area is 123 Å². The summed E-state index contributed by atoms with van der Waals surface area (Å²) in [5.74, 6) is -1.07. The third kappa shape index (κ3) is 3.12. The van der Waals surface area contributed by atoms with Crippen molar-refractivity contribution in [1.29, 1.82) is 0 Å². The maximum Gasteiger partial charge on any atom is 0.310 e. The van der Waals surface area contributed by atoms with Crippen molar-refractivity contribution in [2.24, 2.45) is 5.41 Å². The molecule has 1 aliphatic carbocycles. The van der Waals surface area contributed by atoms with Gasteiger partial charge in [-0.15, -0.1) is 0 Å². The standard InChI is InChI=1S/C15H18ClNO3/c1-10-7-11(3-4-12(10)16)9-17-13(18)8-15(14(19)20)5-2-6-15/h3-4,7H,2,5-6,8-9H2,1H3,(H,17,18)(H,19,20). The van der Waals surface area contributed by atoms with Gasteiger partial charge in [0.05, 0.1) is 5.41 Å². The maximum absolute atomic E-state index is 11.9. The zero-order valence-electron chi connectivity index (χ0n) is 11.4. The van der Waals surface area contributed by atoms with Crippen molar-refractivity contribution in [2.45, 2.75) is 39.2 Å². The first kappa shape index (κ1) is 14.9. The summed E-state index contributed by atoms with van der Waals surface area (Å²) in [6.07, 6.45) is 2.14. The van der Waals surface area contributed by atoms with E-state index in [2.05, 4.69) is 5.32 Å². The molecule has 1 aromatic rings. The molecule has 1 fully saturated rings. The molecule has 0 radical (unpaired) electrons. The molecule has 0 aliphatic heterocycles. The molecule has 2 N–H and O–H groups in total. The maximum atomic E-state index is 11.9. The summed E-state index contributed by atoms with van der Waals surface area (Å²) in [4.78, 5) is 23.1. The van der Waals surface area contributed by atoms with Gasteiger partial charge in [-0.1, -0.05) is 30.2 Å². The van der Waals surface area contributed by atoms with Gasteiger partial charge in [0.15, 0.2) is 0 Å². The fourth-order valence-corrected chi connectivity index (χ4v) is 2.57. The van der Waals surface area contributed by atoms with E-state index in [1.165, 1.54) is 0 Å². The molecule has 4 nitrogen and oxygen atoms in total. The number of carbonyl (C=O) groups excluding carboxylic acids is 1. The highest BCUT2D eigenvalue weighted by Crippen LogP contribution is 2.44. The Kier molecular flexibility index (Phi) is 4.33. The van der Waals surface area contributed by atoms with Gasteiger partial charge in [-0.05, 0) is 37.0 Å². The number of hydrogen-bond acceptors (Lipinski definition) is 2. The van der Waals surface area contributed by atoms with Crippen molar-refractivity contribution >= 4 is 23.5 Å². The summed E-state index contributed by atoms with van der Waals surface area (Å²) in [6, 6.07) is 5.56. The van der Waals surface area contributed by atoms with E-state index in [0.717, 1.165) is 17.5 Å². The lowest BCUT2D eigenvalue weighted by Crippen LogP contribution is -2.42. The van der Waals surface area contributed by atoms with Gasteiger partial charge >= 0.3 is 5.97 Å². The van der Waals surface area contributed by atoms with Crippen molar-refractivity contribution in [3.63, 3.8) is 0 Å². The number of aryl methyl sites for hydroxylation is 1. The van der Waals surface area contributed by atoms with E-state index >= 15 is 0 Å². The van der Waals surface area contributed by atoms with E-state index in [1.807, 2.05) is 19.1 Å². The van der Waals surface area contributed by atoms with Crippen LogP contribution >= 0.6 is 11.6 Å². The Bertz CT molecular complexity index is 538. The minimum atomic E-state index is -0.860. The van der Waals surface area contributed by atoms with Crippen LogP contribution in [0.5, 0.6) is 0 Å². The summed E-state index contributed by atoms with van der Waals surface area (Å²) >= 11 is 5.94. The lowest BCUT2D eigenvalue weighted by Gasteiger charge is -2.36. The number of amides is 1. The molecule has 1 aromatic carbocycles. The number of carbonyl (C=O) groups is 2. The first-order valence-electron chi connectivity index (χ1n) is 6.68. The fraction of sp³-hybridized carbons (Fsp3) is 0.467. The predicted molar refractivity (Wildman–Crippen MR) is 76.6 cm³/mol. The van der Waals surface area contributed by atoms with Gasteiger partial charge < -0.3 is 10.4 Å². The van der Waals surface area contributed by atoms with Crippen LogP contribution in [0.25, 0.3) is 0 Å². The lowest BCUT2D eigenvalue weighted by atomic mass is 9.66. The van der Waals surface area contributed by atoms with Crippen LogP contribution in [0.3, 0.4) is 0 Å². The van der Waals surface area contributed by atoms with E-state index in [4.69, 9.17) is 11.6 Å². The molecular weight excluding hydrogens is 278 g/mol. The second-order valence-electron chi connectivity index (χ2n) is 5.48. The van der Waals surface area contributed by atoms with Crippen molar-refractivity contribution in [3.8, 4) is 0 Å².